The lowest BCUT2D eigenvalue weighted by molar-refractivity contribution is 0.413. The smallest absolute Gasteiger partial charge is 0.137 e. The number of H-pyrrole nitrogens is 1. The summed E-state index contributed by atoms with van der Waals surface area (Å²) < 4.78 is 0. The fraction of sp³-hybridized carbons (Fsp3) is 0.333. The van der Waals surface area contributed by atoms with Gasteiger partial charge in [-0.3, -0.25) is 0 Å². The van der Waals surface area contributed by atoms with Crippen LogP contribution in [0.3, 0.4) is 0 Å². The highest BCUT2D eigenvalue weighted by atomic mass is 35.5. The Morgan fingerprint density at radius 2 is 2.35 bits per heavy atom. The molecule has 2 aromatic heterocycles. The molecule has 3 N–H and O–H groups in total. The Balaban J connectivity index is 2.20. The quantitative estimate of drug-likeness (QED) is 0.487. The van der Waals surface area contributed by atoms with Crippen LogP contribution in [0, 0.1) is 5.92 Å². The largest absolute Gasteiger partial charge is 0.346 e. The number of aromatic nitrogens is 2. The second-order valence-corrected chi connectivity index (χ2v) is 4.77. The van der Waals surface area contributed by atoms with Gasteiger partial charge in [0.15, 0.2) is 0 Å². The van der Waals surface area contributed by atoms with E-state index in [9.17, 15) is 0 Å². The topological polar surface area (TPSA) is 67.1 Å². The number of nitrogens with two attached hydrogens (primary N) is 1. The molecule has 0 aliphatic heterocycles. The zero-order valence-electron chi connectivity index (χ0n) is 9.28. The first-order chi connectivity index (χ1) is 8.31. The summed E-state index contributed by atoms with van der Waals surface area (Å²) in [5.41, 5.74) is 2.67. The van der Waals surface area contributed by atoms with Crippen LogP contribution in [-0.2, 0) is 0 Å². The van der Waals surface area contributed by atoms with Crippen molar-refractivity contribution in [2.24, 2.45) is 16.9 Å². The molecule has 1 aliphatic carbocycles. The van der Waals surface area contributed by atoms with Crippen molar-refractivity contribution in [2.45, 2.75) is 19.3 Å². The summed E-state index contributed by atoms with van der Waals surface area (Å²) in [5.74, 6) is 5.99. The molecule has 17 heavy (non-hydrogen) atoms. The minimum absolute atomic E-state index is 0.443. The van der Waals surface area contributed by atoms with Crippen LogP contribution >= 0.6 is 11.6 Å². The van der Waals surface area contributed by atoms with E-state index < -0.39 is 0 Å². The Labute approximate surface area is 104 Å². The van der Waals surface area contributed by atoms with E-state index in [1.807, 2.05) is 12.3 Å². The van der Waals surface area contributed by atoms with Gasteiger partial charge in [-0.25, -0.2) is 4.98 Å². The molecule has 2 aromatic rings. The molecule has 88 valence electrons. The van der Waals surface area contributed by atoms with Gasteiger partial charge < -0.3 is 10.8 Å². The van der Waals surface area contributed by atoms with Crippen molar-refractivity contribution in [3.63, 3.8) is 0 Å². The summed E-state index contributed by atoms with van der Waals surface area (Å²) in [4.78, 5) is 7.31. The van der Waals surface area contributed by atoms with Crippen LogP contribution in [0.25, 0.3) is 11.0 Å². The molecule has 1 fully saturated rings. The third-order valence-corrected chi connectivity index (χ3v) is 3.71. The molecule has 2 heterocycles. The van der Waals surface area contributed by atoms with Crippen LogP contribution in [0.4, 0.5) is 0 Å². The highest BCUT2D eigenvalue weighted by molar-refractivity contribution is 6.36. The second kappa shape index (κ2) is 4.04. The lowest BCUT2D eigenvalue weighted by atomic mass is 9.79. The van der Waals surface area contributed by atoms with E-state index >= 15 is 0 Å². The number of aromatic amines is 1. The molecule has 0 unspecified atom stereocenters. The molecular weight excluding hydrogens is 236 g/mol. The average Bonchev–Trinajstić information content (AvgIpc) is 2.72. The molecule has 3 rings (SSSR count). The first kappa shape index (κ1) is 10.6. The molecule has 1 aliphatic rings. The molecular formula is C12H13ClN4. The molecule has 1 saturated carbocycles. The monoisotopic (exact) mass is 248 g/mol. The number of halogens is 1. The average molecular weight is 249 g/mol. The van der Waals surface area contributed by atoms with Crippen molar-refractivity contribution in [2.75, 3.05) is 0 Å². The predicted molar refractivity (Wildman–Crippen MR) is 69.2 cm³/mol. The Morgan fingerprint density at radius 3 is 3.00 bits per heavy atom. The van der Waals surface area contributed by atoms with Gasteiger partial charge in [-0.05, 0) is 18.9 Å². The van der Waals surface area contributed by atoms with Crippen LogP contribution in [0.5, 0.6) is 0 Å². The SMILES string of the molecule is NN=C(c1c(Cl)cnc2[nH]ccc12)C1CCC1. The Bertz CT molecular complexity index is 583. The molecule has 5 heteroatoms. The van der Waals surface area contributed by atoms with Crippen LogP contribution < -0.4 is 5.84 Å². The molecule has 0 bridgehead atoms. The fourth-order valence-electron chi connectivity index (χ4n) is 2.30. The maximum absolute atomic E-state index is 6.25. The zero-order valence-corrected chi connectivity index (χ0v) is 10.0. The number of nitrogens with one attached hydrogen (secondary N) is 1. The third kappa shape index (κ3) is 1.60. The molecule has 4 nitrogen and oxygen atoms in total. The normalized spacial score (nSPS) is 17.4. The Hall–Kier alpha value is -1.55. The number of pyridine rings is 1. The number of nitrogens with zero attached hydrogens (tertiary/aromatic N) is 2. The van der Waals surface area contributed by atoms with Gasteiger partial charge in [-0.1, -0.05) is 18.0 Å². The van der Waals surface area contributed by atoms with Crippen molar-refractivity contribution in [1.29, 1.82) is 0 Å². The van der Waals surface area contributed by atoms with Gasteiger partial charge in [0.2, 0.25) is 0 Å². The first-order valence-electron chi connectivity index (χ1n) is 5.71. The van der Waals surface area contributed by atoms with Crippen molar-refractivity contribution in [3.05, 3.63) is 29.0 Å². The van der Waals surface area contributed by atoms with Crippen molar-refractivity contribution >= 4 is 28.3 Å². The van der Waals surface area contributed by atoms with Gasteiger partial charge in [0.1, 0.15) is 5.65 Å². The highest BCUT2D eigenvalue weighted by Crippen LogP contribution is 2.34. The fourth-order valence-corrected chi connectivity index (χ4v) is 2.55. The van der Waals surface area contributed by atoms with Crippen LogP contribution in [0.15, 0.2) is 23.6 Å². The van der Waals surface area contributed by atoms with Gasteiger partial charge in [0.25, 0.3) is 0 Å². The van der Waals surface area contributed by atoms with Gasteiger partial charge in [0, 0.05) is 29.3 Å². The molecule has 0 atom stereocenters. The van der Waals surface area contributed by atoms with Crippen LogP contribution in [0.2, 0.25) is 5.02 Å². The third-order valence-electron chi connectivity index (χ3n) is 3.43. The van der Waals surface area contributed by atoms with E-state index in [1.54, 1.807) is 6.20 Å². The second-order valence-electron chi connectivity index (χ2n) is 4.36. The summed E-state index contributed by atoms with van der Waals surface area (Å²) in [7, 11) is 0. The van der Waals surface area contributed by atoms with Gasteiger partial charge >= 0.3 is 0 Å². The lowest BCUT2D eigenvalue weighted by Gasteiger charge is -2.27. The van der Waals surface area contributed by atoms with E-state index in [0.717, 1.165) is 35.2 Å². The van der Waals surface area contributed by atoms with Crippen molar-refractivity contribution < 1.29 is 0 Å². The van der Waals surface area contributed by atoms with Crippen molar-refractivity contribution in [1.82, 2.24) is 9.97 Å². The number of rotatable bonds is 2. The minimum atomic E-state index is 0.443. The van der Waals surface area contributed by atoms with E-state index in [4.69, 9.17) is 17.4 Å². The summed E-state index contributed by atoms with van der Waals surface area (Å²) in [6.45, 7) is 0. The van der Waals surface area contributed by atoms with Gasteiger partial charge in [-0.2, -0.15) is 5.10 Å². The molecule has 0 radical (unpaired) electrons. The summed E-state index contributed by atoms with van der Waals surface area (Å²) >= 11 is 6.25. The van der Waals surface area contributed by atoms with Crippen LogP contribution in [-0.4, -0.2) is 15.7 Å². The minimum Gasteiger partial charge on any atom is -0.346 e. The number of fused-ring (bicyclic) bond motifs is 1. The number of hydrazone groups is 1. The Kier molecular flexibility index (Phi) is 2.52. The van der Waals surface area contributed by atoms with Gasteiger partial charge in [0.05, 0.1) is 10.7 Å². The molecule has 0 spiro atoms. The molecule has 0 amide bonds. The van der Waals surface area contributed by atoms with E-state index in [2.05, 4.69) is 15.1 Å². The lowest BCUT2D eigenvalue weighted by Crippen LogP contribution is -2.24. The summed E-state index contributed by atoms with van der Waals surface area (Å²) in [5, 5.41) is 5.57. The predicted octanol–water partition coefficient (Wildman–Crippen LogP) is 2.68. The molecule has 0 saturated heterocycles. The first-order valence-corrected chi connectivity index (χ1v) is 6.09. The van der Waals surface area contributed by atoms with Crippen molar-refractivity contribution in [3.8, 4) is 0 Å². The number of hydrogen-bond acceptors (Lipinski definition) is 3. The maximum Gasteiger partial charge on any atom is 0.137 e. The standard InChI is InChI=1S/C12H13ClN4/c13-9-6-16-12-8(4-5-15-12)10(9)11(17-14)7-2-1-3-7/h4-7H,1-3,14H2,(H,15,16). The summed E-state index contributed by atoms with van der Waals surface area (Å²) in [6.07, 6.45) is 7.02. The van der Waals surface area contributed by atoms with E-state index in [1.165, 1.54) is 6.42 Å². The number of hydrogen-bond donors (Lipinski definition) is 2. The maximum atomic E-state index is 6.25. The molecule has 0 aromatic carbocycles. The van der Waals surface area contributed by atoms with Gasteiger partial charge in [-0.15, -0.1) is 0 Å². The zero-order chi connectivity index (χ0) is 11.8. The highest BCUT2D eigenvalue weighted by Gasteiger charge is 2.27. The van der Waals surface area contributed by atoms with Crippen LogP contribution in [0.1, 0.15) is 24.8 Å². The Morgan fingerprint density at radius 1 is 1.53 bits per heavy atom. The van der Waals surface area contributed by atoms with E-state index in [-0.39, 0.29) is 0 Å². The summed E-state index contributed by atoms with van der Waals surface area (Å²) in [6, 6.07) is 1.97. The van der Waals surface area contributed by atoms with E-state index in [0.29, 0.717) is 10.9 Å².